The highest BCUT2D eigenvalue weighted by molar-refractivity contribution is 6.32. The third kappa shape index (κ3) is 3.57. The molecule has 0 unspecified atom stereocenters. The second-order valence-corrected chi connectivity index (χ2v) is 15.7. The zero-order valence-electron chi connectivity index (χ0n) is 30.3. The van der Waals surface area contributed by atoms with E-state index in [0.29, 0.717) is 5.95 Å². The van der Waals surface area contributed by atoms with E-state index in [1.165, 1.54) is 76.5 Å². The van der Waals surface area contributed by atoms with Crippen molar-refractivity contribution in [3.05, 3.63) is 169 Å². The van der Waals surface area contributed by atoms with Gasteiger partial charge in [-0.2, -0.15) is 0 Å². The van der Waals surface area contributed by atoms with Crippen LogP contribution in [0.5, 0.6) is 0 Å². The fraction of sp³-hybridized carbons (Fsp3) is 0.0588. The van der Waals surface area contributed by atoms with Crippen molar-refractivity contribution in [2.75, 3.05) is 0 Å². The molecule has 8 aromatic carbocycles. The minimum Gasteiger partial charge on any atom is -0.308 e. The summed E-state index contributed by atoms with van der Waals surface area (Å²) in [6, 6.07) is 57.6. The molecule has 13 rings (SSSR count). The van der Waals surface area contributed by atoms with E-state index in [0.717, 1.165) is 38.6 Å². The fourth-order valence-corrected chi connectivity index (χ4v) is 10.3. The molecule has 0 saturated heterocycles. The summed E-state index contributed by atoms with van der Waals surface area (Å²) in [5.74, 6) is 0.670. The number of benzene rings is 8. The molecular weight excluding hydrogens is 669 g/mol. The highest BCUT2D eigenvalue weighted by Crippen LogP contribution is 2.54. The van der Waals surface area contributed by atoms with Crippen LogP contribution in [0.3, 0.4) is 0 Å². The van der Waals surface area contributed by atoms with Crippen LogP contribution in [0.2, 0.25) is 0 Å². The summed E-state index contributed by atoms with van der Waals surface area (Å²) < 4.78 is 4.84. The summed E-state index contributed by atoms with van der Waals surface area (Å²) in [6.45, 7) is 4.74. The molecule has 0 radical (unpaired) electrons. The predicted molar refractivity (Wildman–Crippen MR) is 229 cm³/mol. The van der Waals surface area contributed by atoms with Gasteiger partial charge < -0.3 is 4.40 Å². The van der Waals surface area contributed by atoms with Gasteiger partial charge in [0.05, 0.1) is 38.8 Å². The summed E-state index contributed by atoms with van der Waals surface area (Å²) in [7, 11) is 0. The zero-order chi connectivity index (χ0) is 36.2. The second-order valence-electron chi connectivity index (χ2n) is 15.7. The third-order valence-corrected chi connectivity index (χ3v) is 12.6. The van der Waals surface area contributed by atoms with Crippen molar-refractivity contribution in [3.8, 4) is 28.3 Å². The van der Waals surface area contributed by atoms with E-state index in [2.05, 4.69) is 181 Å². The van der Waals surface area contributed by atoms with Crippen LogP contribution in [0, 0.1) is 0 Å². The third-order valence-electron chi connectivity index (χ3n) is 12.6. The van der Waals surface area contributed by atoms with E-state index < -0.39 is 0 Å². The largest absolute Gasteiger partial charge is 0.308 e. The molecule has 12 aromatic rings. The lowest BCUT2D eigenvalue weighted by Gasteiger charge is -2.21. The normalized spacial score (nSPS) is 13.8. The molecule has 0 fully saturated rings. The maximum Gasteiger partial charge on any atom is 0.235 e. The average molecular weight is 701 g/mol. The lowest BCUT2D eigenvalue weighted by Crippen LogP contribution is -2.14. The molecule has 256 valence electrons. The average Bonchev–Trinajstić information content (AvgIpc) is 3.80. The van der Waals surface area contributed by atoms with Gasteiger partial charge in [0.25, 0.3) is 0 Å². The molecule has 4 heteroatoms. The van der Waals surface area contributed by atoms with Crippen molar-refractivity contribution in [1.82, 2.24) is 18.9 Å². The number of para-hydroxylation sites is 1. The Labute approximate surface area is 315 Å². The van der Waals surface area contributed by atoms with Crippen LogP contribution in [0.15, 0.2) is 158 Å². The van der Waals surface area contributed by atoms with Crippen LogP contribution < -0.4 is 0 Å². The van der Waals surface area contributed by atoms with Crippen molar-refractivity contribution in [3.63, 3.8) is 0 Å². The van der Waals surface area contributed by atoms with Crippen LogP contribution in [0.1, 0.15) is 25.0 Å². The molecule has 0 amide bonds. The second kappa shape index (κ2) is 10.1. The van der Waals surface area contributed by atoms with E-state index in [1.807, 2.05) is 0 Å². The van der Waals surface area contributed by atoms with Gasteiger partial charge in [-0.25, -0.2) is 9.97 Å². The first-order valence-corrected chi connectivity index (χ1v) is 19.1. The van der Waals surface area contributed by atoms with Gasteiger partial charge in [0.2, 0.25) is 5.95 Å². The summed E-state index contributed by atoms with van der Waals surface area (Å²) in [4.78, 5) is 10.9. The SMILES string of the molecule is CC1(C)c2ccccc2-c2c1ccc1c2c2cccc3c4cccc5c4c4c(cccc4n1c32)n5-c1nc(-c2ccccc2)c2c(ccc3ccccc32)n1. The van der Waals surface area contributed by atoms with Crippen LogP contribution in [-0.4, -0.2) is 18.9 Å². The molecule has 1 aliphatic carbocycles. The predicted octanol–water partition coefficient (Wildman–Crippen LogP) is 13.0. The summed E-state index contributed by atoms with van der Waals surface area (Å²) >= 11 is 0. The minimum atomic E-state index is -0.0794. The zero-order valence-corrected chi connectivity index (χ0v) is 30.3. The van der Waals surface area contributed by atoms with Gasteiger partial charge >= 0.3 is 0 Å². The molecule has 0 aliphatic heterocycles. The summed E-state index contributed by atoms with van der Waals surface area (Å²) in [5, 5.41) is 10.9. The maximum atomic E-state index is 5.51. The van der Waals surface area contributed by atoms with Gasteiger partial charge in [0.15, 0.2) is 0 Å². The van der Waals surface area contributed by atoms with E-state index in [4.69, 9.17) is 9.97 Å². The summed E-state index contributed by atoms with van der Waals surface area (Å²) in [5.41, 5.74) is 14.2. The number of hydrogen-bond acceptors (Lipinski definition) is 2. The Bertz CT molecular complexity index is 3620. The molecule has 1 aliphatic rings. The van der Waals surface area contributed by atoms with Gasteiger partial charge in [0, 0.05) is 43.3 Å². The Hall–Kier alpha value is -7.04. The number of rotatable bonds is 2. The number of nitrogens with zero attached hydrogens (tertiary/aromatic N) is 4. The Morgan fingerprint density at radius 2 is 1.15 bits per heavy atom. The maximum absolute atomic E-state index is 5.51. The molecule has 4 aromatic heterocycles. The van der Waals surface area contributed by atoms with Gasteiger partial charge in [-0.3, -0.25) is 4.57 Å². The van der Waals surface area contributed by atoms with Crippen molar-refractivity contribution < 1.29 is 0 Å². The lowest BCUT2D eigenvalue weighted by molar-refractivity contribution is 0.661. The fourth-order valence-electron chi connectivity index (χ4n) is 10.3. The Balaban J connectivity index is 1.21. The van der Waals surface area contributed by atoms with Crippen molar-refractivity contribution in [2.45, 2.75) is 19.3 Å². The standard InChI is InChI=1S/C51H32N4/c1-51(2)36-21-9-8-17-34(36)43-37(51)26-28-42-46(43)35-20-10-19-33-32-18-11-22-39-45(32)47-40(54(42)49(33)35)23-12-24-41(47)55(39)50-52-38-27-25-29-13-6-7-16-31(29)44(38)48(53-50)30-14-4-3-5-15-30/h3-28H,1-2H3. The smallest absolute Gasteiger partial charge is 0.235 e. The molecular formula is C51H32N4. The van der Waals surface area contributed by atoms with E-state index in [1.54, 1.807) is 0 Å². The first-order chi connectivity index (χ1) is 27.1. The van der Waals surface area contributed by atoms with E-state index in [9.17, 15) is 0 Å². The van der Waals surface area contributed by atoms with E-state index in [-0.39, 0.29) is 5.41 Å². The first kappa shape index (κ1) is 29.4. The lowest BCUT2D eigenvalue weighted by atomic mass is 9.82. The quantitative estimate of drug-likeness (QED) is 0.168. The van der Waals surface area contributed by atoms with Crippen LogP contribution in [0.25, 0.3) is 110 Å². The highest BCUT2D eigenvalue weighted by atomic mass is 15.2. The highest BCUT2D eigenvalue weighted by Gasteiger charge is 2.37. The first-order valence-electron chi connectivity index (χ1n) is 19.1. The number of fused-ring (bicyclic) bond motifs is 12. The van der Waals surface area contributed by atoms with Gasteiger partial charge in [-0.05, 0) is 68.7 Å². The Morgan fingerprint density at radius 1 is 0.455 bits per heavy atom. The van der Waals surface area contributed by atoms with Gasteiger partial charge in [0.1, 0.15) is 0 Å². The summed E-state index contributed by atoms with van der Waals surface area (Å²) in [6.07, 6.45) is 0. The molecule has 0 spiro atoms. The Kier molecular flexibility index (Phi) is 5.42. The molecule has 0 atom stereocenters. The molecule has 0 N–H and O–H groups in total. The molecule has 4 heterocycles. The monoisotopic (exact) mass is 700 g/mol. The Morgan fingerprint density at radius 3 is 2.05 bits per heavy atom. The number of aromatic nitrogens is 4. The van der Waals surface area contributed by atoms with E-state index >= 15 is 0 Å². The molecule has 55 heavy (non-hydrogen) atoms. The van der Waals surface area contributed by atoms with Gasteiger partial charge in [-0.15, -0.1) is 0 Å². The molecule has 4 nitrogen and oxygen atoms in total. The molecule has 0 saturated carbocycles. The van der Waals surface area contributed by atoms with Crippen molar-refractivity contribution in [2.24, 2.45) is 0 Å². The molecule has 0 bridgehead atoms. The van der Waals surface area contributed by atoms with Crippen molar-refractivity contribution >= 4 is 81.6 Å². The van der Waals surface area contributed by atoms with Crippen molar-refractivity contribution in [1.29, 1.82) is 0 Å². The van der Waals surface area contributed by atoms with Crippen LogP contribution in [-0.2, 0) is 5.41 Å². The van der Waals surface area contributed by atoms with Crippen LogP contribution >= 0.6 is 0 Å². The minimum absolute atomic E-state index is 0.0794. The van der Waals surface area contributed by atoms with Gasteiger partial charge in [-0.1, -0.05) is 141 Å². The number of hydrogen-bond donors (Lipinski definition) is 0. The van der Waals surface area contributed by atoms with Crippen LogP contribution in [0.4, 0.5) is 0 Å². The topological polar surface area (TPSA) is 35.1 Å².